The Morgan fingerprint density at radius 2 is 2.22 bits per heavy atom. The van der Waals surface area contributed by atoms with E-state index in [0.29, 0.717) is 11.4 Å². The summed E-state index contributed by atoms with van der Waals surface area (Å²) >= 11 is 0. The highest BCUT2D eigenvalue weighted by atomic mass is 16.2. The molecule has 1 aromatic rings. The Morgan fingerprint density at radius 1 is 1.50 bits per heavy atom. The molecule has 0 unspecified atom stereocenters. The van der Waals surface area contributed by atoms with Crippen molar-refractivity contribution < 1.29 is 4.79 Å². The van der Waals surface area contributed by atoms with Gasteiger partial charge in [0.2, 0.25) is 0 Å². The number of nitrogen functional groups attached to an aromatic ring is 1. The number of carbonyl (C=O) groups is 1. The molecule has 1 saturated heterocycles. The maximum Gasteiger partial charge on any atom is 0.254 e. The second-order valence-electron chi connectivity index (χ2n) is 5.50. The van der Waals surface area contributed by atoms with Gasteiger partial charge in [0, 0.05) is 23.3 Å². The molecule has 2 rings (SSSR count). The van der Waals surface area contributed by atoms with E-state index in [2.05, 4.69) is 18.8 Å². The normalized spacial score (nSPS) is 18.1. The third-order valence-electron chi connectivity index (χ3n) is 3.65. The van der Waals surface area contributed by atoms with Gasteiger partial charge in [-0.15, -0.1) is 0 Å². The van der Waals surface area contributed by atoms with Crippen LogP contribution in [0.5, 0.6) is 0 Å². The van der Waals surface area contributed by atoms with E-state index >= 15 is 0 Å². The number of nitrogens with zero attached hydrogens (tertiary/aromatic N) is 2. The lowest BCUT2D eigenvalue weighted by molar-refractivity contribution is 0.0652. The molecule has 0 aliphatic carbocycles. The molecule has 2 heterocycles. The highest BCUT2D eigenvalue weighted by Gasteiger charge is 2.35. The summed E-state index contributed by atoms with van der Waals surface area (Å²) in [7, 11) is 0. The predicted molar refractivity (Wildman–Crippen MR) is 72.4 cm³/mol. The number of carbonyl (C=O) groups excluding carboxylic acids is 1. The molecule has 1 amide bonds. The van der Waals surface area contributed by atoms with Crippen molar-refractivity contribution in [1.82, 2.24) is 9.88 Å². The molecule has 0 spiro atoms. The number of nitrogens with two attached hydrogens (primary N) is 1. The number of anilines is 1. The highest BCUT2D eigenvalue weighted by molar-refractivity contribution is 5.95. The van der Waals surface area contributed by atoms with Gasteiger partial charge in [0.1, 0.15) is 5.82 Å². The summed E-state index contributed by atoms with van der Waals surface area (Å²) < 4.78 is 0. The smallest absolute Gasteiger partial charge is 0.254 e. The quantitative estimate of drug-likeness (QED) is 0.872. The van der Waals surface area contributed by atoms with Gasteiger partial charge in [-0.05, 0) is 45.2 Å². The lowest BCUT2D eigenvalue weighted by atomic mass is 10.0. The maximum atomic E-state index is 12.5. The van der Waals surface area contributed by atoms with Crippen molar-refractivity contribution in [3.05, 3.63) is 23.4 Å². The minimum absolute atomic E-state index is 0.0541. The van der Waals surface area contributed by atoms with Gasteiger partial charge >= 0.3 is 0 Å². The molecule has 1 aliphatic rings. The minimum Gasteiger partial charge on any atom is -0.384 e. The van der Waals surface area contributed by atoms with E-state index in [-0.39, 0.29) is 11.4 Å². The zero-order chi connectivity index (χ0) is 13.3. The molecule has 1 fully saturated rings. The zero-order valence-electron chi connectivity index (χ0n) is 11.4. The average Bonchev–Trinajstić information content (AvgIpc) is 2.67. The number of rotatable bonds is 2. The van der Waals surface area contributed by atoms with E-state index < -0.39 is 0 Å². The second-order valence-corrected chi connectivity index (χ2v) is 5.50. The van der Waals surface area contributed by atoms with E-state index in [0.717, 1.165) is 31.5 Å². The van der Waals surface area contributed by atoms with Crippen LogP contribution in [-0.2, 0) is 6.42 Å². The molecule has 1 aromatic heterocycles. The molecule has 4 heteroatoms. The van der Waals surface area contributed by atoms with Gasteiger partial charge in [0.25, 0.3) is 5.91 Å². The predicted octanol–water partition coefficient (Wildman–Crippen LogP) is 2.24. The number of likely N-dealkylation sites (tertiary alicyclic amines) is 1. The van der Waals surface area contributed by atoms with Crippen molar-refractivity contribution in [3.8, 4) is 0 Å². The van der Waals surface area contributed by atoms with Crippen molar-refractivity contribution in [3.63, 3.8) is 0 Å². The number of pyridine rings is 1. The standard InChI is InChI=1S/C14H21N3O/c1-4-11-8-10(9-12(15)16-11)13(18)17-7-5-6-14(17,2)3/h8-9H,4-7H2,1-3H3,(H2,15,16). The van der Waals surface area contributed by atoms with Gasteiger partial charge in [-0.25, -0.2) is 4.98 Å². The van der Waals surface area contributed by atoms with Crippen LogP contribution in [0.15, 0.2) is 12.1 Å². The molecule has 0 bridgehead atoms. The molecule has 18 heavy (non-hydrogen) atoms. The van der Waals surface area contributed by atoms with Crippen LogP contribution in [0, 0.1) is 0 Å². The first-order valence-corrected chi connectivity index (χ1v) is 6.52. The van der Waals surface area contributed by atoms with E-state index in [9.17, 15) is 4.79 Å². The van der Waals surface area contributed by atoms with Gasteiger partial charge in [-0.2, -0.15) is 0 Å². The molecule has 98 valence electrons. The summed E-state index contributed by atoms with van der Waals surface area (Å²) in [6, 6.07) is 3.53. The topological polar surface area (TPSA) is 59.2 Å². The molecular formula is C14H21N3O. The van der Waals surface area contributed by atoms with Gasteiger partial charge in [-0.1, -0.05) is 6.92 Å². The van der Waals surface area contributed by atoms with Crippen molar-refractivity contribution in [2.24, 2.45) is 0 Å². The van der Waals surface area contributed by atoms with E-state index in [1.165, 1.54) is 0 Å². The lowest BCUT2D eigenvalue weighted by Crippen LogP contribution is -2.42. The third-order valence-corrected chi connectivity index (χ3v) is 3.65. The summed E-state index contributed by atoms with van der Waals surface area (Å²) in [6.07, 6.45) is 2.91. The van der Waals surface area contributed by atoms with Crippen molar-refractivity contribution in [2.75, 3.05) is 12.3 Å². The van der Waals surface area contributed by atoms with E-state index in [1.54, 1.807) is 6.07 Å². The van der Waals surface area contributed by atoms with Crippen LogP contribution < -0.4 is 5.73 Å². The fourth-order valence-corrected chi connectivity index (χ4v) is 2.56. The summed E-state index contributed by atoms with van der Waals surface area (Å²) in [5.41, 5.74) is 7.24. The van der Waals surface area contributed by atoms with Crippen LogP contribution in [0.25, 0.3) is 0 Å². The molecular weight excluding hydrogens is 226 g/mol. The largest absolute Gasteiger partial charge is 0.384 e. The van der Waals surface area contributed by atoms with Gasteiger partial charge in [0.15, 0.2) is 0 Å². The molecule has 0 radical (unpaired) electrons. The molecule has 0 aromatic carbocycles. The number of hydrogen-bond donors (Lipinski definition) is 1. The molecule has 4 nitrogen and oxygen atoms in total. The first kappa shape index (κ1) is 12.9. The van der Waals surface area contributed by atoms with Crippen LogP contribution >= 0.6 is 0 Å². The fourth-order valence-electron chi connectivity index (χ4n) is 2.56. The summed E-state index contributed by atoms with van der Waals surface area (Å²) in [5.74, 6) is 0.496. The molecule has 2 N–H and O–H groups in total. The van der Waals surface area contributed by atoms with Crippen LogP contribution in [0.2, 0.25) is 0 Å². The van der Waals surface area contributed by atoms with Crippen LogP contribution in [0.3, 0.4) is 0 Å². The van der Waals surface area contributed by atoms with Crippen molar-refractivity contribution in [2.45, 2.75) is 45.6 Å². The van der Waals surface area contributed by atoms with E-state index in [1.807, 2.05) is 17.9 Å². The third kappa shape index (κ3) is 2.33. The summed E-state index contributed by atoms with van der Waals surface area (Å²) in [4.78, 5) is 18.7. The minimum atomic E-state index is -0.0541. The lowest BCUT2D eigenvalue weighted by Gasteiger charge is -2.31. The Kier molecular flexibility index (Phi) is 3.28. The Morgan fingerprint density at radius 3 is 2.78 bits per heavy atom. The number of aryl methyl sites for hydroxylation is 1. The first-order valence-electron chi connectivity index (χ1n) is 6.52. The molecule has 0 saturated carbocycles. The number of aromatic nitrogens is 1. The molecule has 1 aliphatic heterocycles. The fraction of sp³-hybridized carbons (Fsp3) is 0.571. The van der Waals surface area contributed by atoms with Crippen LogP contribution in [0.1, 0.15) is 49.7 Å². The Hall–Kier alpha value is -1.58. The van der Waals surface area contributed by atoms with Crippen molar-refractivity contribution in [1.29, 1.82) is 0 Å². The van der Waals surface area contributed by atoms with Gasteiger partial charge < -0.3 is 10.6 Å². The maximum absolute atomic E-state index is 12.5. The SMILES string of the molecule is CCc1cc(C(=O)N2CCCC2(C)C)cc(N)n1. The summed E-state index contributed by atoms with van der Waals surface area (Å²) in [6.45, 7) is 7.07. The first-order chi connectivity index (χ1) is 8.44. The van der Waals surface area contributed by atoms with Crippen molar-refractivity contribution >= 4 is 11.7 Å². The van der Waals surface area contributed by atoms with E-state index in [4.69, 9.17) is 5.73 Å². The Bertz CT molecular complexity index is 468. The molecule has 0 atom stereocenters. The highest BCUT2D eigenvalue weighted by Crippen LogP contribution is 2.30. The monoisotopic (exact) mass is 247 g/mol. The Balaban J connectivity index is 2.31. The average molecular weight is 247 g/mol. The number of amides is 1. The van der Waals surface area contributed by atoms with Crippen LogP contribution in [0.4, 0.5) is 5.82 Å². The van der Waals surface area contributed by atoms with Crippen LogP contribution in [-0.4, -0.2) is 27.9 Å². The van der Waals surface area contributed by atoms with Gasteiger partial charge in [-0.3, -0.25) is 4.79 Å². The van der Waals surface area contributed by atoms with Gasteiger partial charge in [0.05, 0.1) is 0 Å². The number of hydrogen-bond acceptors (Lipinski definition) is 3. The zero-order valence-corrected chi connectivity index (χ0v) is 11.4. The second kappa shape index (κ2) is 4.59. The summed E-state index contributed by atoms with van der Waals surface area (Å²) in [5, 5.41) is 0. The Labute approximate surface area is 108 Å².